The third-order valence-electron chi connectivity index (χ3n) is 5.89. The van der Waals surface area contributed by atoms with Crippen molar-refractivity contribution in [2.45, 2.75) is 52.1 Å². The lowest BCUT2D eigenvalue weighted by Crippen LogP contribution is -2.53. The maximum absolute atomic E-state index is 13.3. The molecular weight excluding hydrogens is 436 g/mol. The van der Waals surface area contributed by atoms with Gasteiger partial charge < -0.3 is 25.7 Å². The van der Waals surface area contributed by atoms with Gasteiger partial charge in [-0.25, -0.2) is 0 Å². The number of benzene rings is 1. The van der Waals surface area contributed by atoms with Crippen molar-refractivity contribution < 1.29 is 23.9 Å². The maximum atomic E-state index is 13.3. The molecule has 184 valence electrons. The monoisotopic (exact) mass is 470 g/mol. The van der Waals surface area contributed by atoms with E-state index in [2.05, 4.69) is 20.9 Å². The van der Waals surface area contributed by atoms with Crippen LogP contribution in [0.2, 0.25) is 0 Å². The Hall–Kier alpha value is -3.20. The van der Waals surface area contributed by atoms with Crippen LogP contribution in [0.3, 0.4) is 0 Å². The smallest absolute Gasteiger partial charge is 0.268 e. The van der Waals surface area contributed by atoms with Gasteiger partial charge in [0.15, 0.2) is 5.78 Å². The molecule has 1 aliphatic rings. The quantitative estimate of drug-likeness (QED) is 0.422. The number of ketones is 1. The molecule has 0 saturated carbocycles. The van der Waals surface area contributed by atoms with Gasteiger partial charge in [-0.15, -0.1) is 0 Å². The van der Waals surface area contributed by atoms with Crippen LogP contribution < -0.4 is 16.0 Å². The molecule has 0 bridgehead atoms. The molecule has 1 aromatic carbocycles. The molecule has 1 aromatic heterocycles. The van der Waals surface area contributed by atoms with E-state index in [-0.39, 0.29) is 36.1 Å². The fraction of sp³-hybridized carbons (Fsp3) is 0.520. The zero-order valence-corrected chi connectivity index (χ0v) is 20.2. The Bertz CT molecular complexity index is 1020. The van der Waals surface area contributed by atoms with Crippen molar-refractivity contribution in [2.24, 2.45) is 11.3 Å². The van der Waals surface area contributed by atoms with Crippen molar-refractivity contribution in [1.82, 2.24) is 20.9 Å². The SMILES string of the molecule is COCC(=O)C(CC1CCNC1=O)NC(=O)C(CC(C)(C)C)NC(=O)c1cc2ccccc2[nH]1. The van der Waals surface area contributed by atoms with Crippen molar-refractivity contribution >= 4 is 34.4 Å². The van der Waals surface area contributed by atoms with Gasteiger partial charge in [0.05, 0.1) is 6.04 Å². The number of rotatable bonds is 10. The van der Waals surface area contributed by atoms with Crippen LogP contribution in [-0.2, 0) is 19.1 Å². The molecule has 34 heavy (non-hydrogen) atoms. The first-order chi connectivity index (χ1) is 16.1. The number of H-pyrrole nitrogens is 1. The number of hydrogen-bond donors (Lipinski definition) is 4. The van der Waals surface area contributed by atoms with Crippen LogP contribution in [0.5, 0.6) is 0 Å². The Morgan fingerprint density at radius 2 is 1.88 bits per heavy atom. The lowest BCUT2D eigenvalue weighted by atomic mass is 9.87. The van der Waals surface area contributed by atoms with Crippen LogP contribution in [0.15, 0.2) is 30.3 Å². The number of Topliss-reactive ketones (excluding diaryl/α,β-unsaturated/α-hetero) is 1. The molecule has 0 radical (unpaired) electrons. The maximum Gasteiger partial charge on any atom is 0.268 e. The number of ether oxygens (including phenoxy) is 1. The Labute approximate surface area is 199 Å². The van der Waals surface area contributed by atoms with E-state index in [0.717, 1.165) is 10.9 Å². The average Bonchev–Trinajstić information content (AvgIpc) is 3.38. The summed E-state index contributed by atoms with van der Waals surface area (Å²) >= 11 is 0. The standard InChI is InChI=1S/C25H34N4O5/c1-25(2,3)13-20(29-23(32)19-11-15-7-5-6-8-17(15)27-19)24(33)28-18(21(30)14-34-4)12-16-9-10-26-22(16)31/h5-8,11,16,18,20,27H,9-10,12-14H2,1-4H3,(H,26,31)(H,28,33)(H,29,32). The van der Waals surface area contributed by atoms with Gasteiger partial charge in [0.1, 0.15) is 18.3 Å². The van der Waals surface area contributed by atoms with Crippen LogP contribution in [-0.4, -0.2) is 60.8 Å². The number of amides is 3. The summed E-state index contributed by atoms with van der Waals surface area (Å²) in [7, 11) is 1.40. The second kappa shape index (κ2) is 10.8. The van der Waals surface area contributed by atoms with Crippen LogP contribution in [0, 0.1) is 11.3 Å². The molecule has 0 spiro atoms. The fourth-order valence-corrected chi connectivity index (χ4v) is 4.19. The number of carbonyl (C=O) groups excluding carboxylic acids is 4. The van der Waals surface area contributed by atoms with E-state index in [1.807, 2.05) is 45.0 Å². The summed E-state index contributed by atoms with van der Waals surface area (Å²) in [5, 5.41) is 9.25. The molecule has 9 heteroatoms. The number of aromatic nitrogens is 1. The molecule has 3 atom stereocenters. The van der Waals surface area contributed by atoms with Crippen molar-refractivity contribution in [3.05, 3.63) is 36.0 Å². The lowest BCUT2D eigenvalue weighted by Gasteiger charge is -2.28. The normalized spacial score (nSPS) is 17.8. The predicted molar refractivity (Wildman–Crippen MR) is 128 cm³/mol. The van der Waals surface area contributed by atoms with Crippen molar-refractivity contribution in [2.75, 3.05) is 20.3 Å². The molecule has 0 aliphatic carbocycles. The van der Waals surface area contributed by atoms with Gasteiger partial charge in [-0.1, -0.05) is 39.0 Å². The number of para-hydroxylation sites is 1. The zero-order valence-electron chi connectivity index (χ0n) is 20.2. The minimum atomic E-state index is -0.881. The van der Waals surface area contributed by atoms with Gasteiger partial charge in [0.2, 0.25) is 11.8 Å². The number of carbonyl (C=O) groups is 4. The molecule has 2 aromatic rings. The third-order valence-corrected chi connectivity index (χ3v) is 5.89. The molecule has 3 unspecified atom stereocenters. The van der Waals surface area contributed by atoms with Crippen LogP contribution in [0.1, 0.15) is 50.5 Å². The lowest BCUT2D eigenvalue weighted by molar-refractivity contribution is -0.132. The Balaban J connectivity index is 1.76. The number of fused-ring (bicyclic) bond motifs is 1. The molecule has 3 rings (SSSR count). The summed E-state index contributed by atoms with van der Waals surface area (Å²) < 4.78 is 4.97. The zero-order chi connectivity index (χ0) is 24.9. The van der Waals surface area contributed by atoms with E-state index in [0.29, 0.717) is 25.1 Å². The number of nitrogens with one attached hydrogen (secondary N) is 4. The summed E-state index contributed by atoms with van der Waals surface area (Å²) in [4.78, 5) is 54.1. The van der Waals surface area contributed by atoms with E-state index >= 15 is 0 Å². The molecule has 2 heterocycles. The summed E-state index contributed by atoms with van der Waals surface area (Å²) in [6.07, 6.45) is 1.16. The highest BCUT2D eigenvalue weighted by Crippen LogP contribution is 2.23. The second-order valence-corrected chi connectivity index (χ2v) is 10.0. The number of hydrogen-bond acceptors (Lipinski definition) is 5. The van der Waals surface area contributed by atoms with Gasteiger partial charge in [-0.3, -0.25) is 19.2 Å². The van der Waals surface area contributed by atoms with E-state index in [9.17, 15) is 19.2 Å². The van der Waals surface area contributed by atoms with Gasteiger partial charge in [0, 0.05) is 30.5 Å². The first-order valence-corrected chi connectivity index (χ1v) is 11.6. The Kier molecular flexibility index (Phi) is 8.09. The van der Waals surface area contributed by atoms with E-state index < -0.39 is 23.9 Å². The van der Waals surface area contributed by atoms with Crippen molar-refractivity contribution in [3.8, 4) is 0 Å². The van der Waals surface area contributed by atoms with Crippen molar-refractivity contribution in [3.63, 3.8) is 0 Å². The molecule has 1 saturated heterocycles. The first kappa shape index (κ1) is 25.4. The summed E-state index contributed by atoms with van der Waals surface area (Å²) in [6.45, 7) is 6.29. The van der Waals surface area contributed by atoms with Crippen LogP contribution >= 0.6 is 0 Å². The number of aromatic amines is 1. The van der Waals surface area contributed by atoms with E-state index in [4.69, 9.17) is 4.74 Å². The van der Waals surface area contributed by atoms with Crippen LogP contribution in [0.4, 0.5) is 0 Å². The topological polar surface area (TPSA) is 129 Å². The molecule has 4 N–H and O–H groups in total. The van der Waals surface area contributed by atoms with Crippen molar-refractivity contribution in [1.29, 1.82) is 0 Å². The average molecular weight is 471 g/mol. The minimum absolute atomic E-state index is 0.122. The Morgan fingerprint density at radius 1 is 1.15 bits per heavy atom. The minimum Gasteiger partial charge on any atom is -0.377 e. The van der Waals surface area contributed by atoms with Crippen LogP contribution in [0.25, 0.3) is 10.9 Å². The number of methoxy groups -OCH3 is 1. The first-order valence-electron chi connectivity index (χ1n) is 11.6. The molecule has 1 aliphatic heterocycles. The highest BCUT2D eigenvalue weighted by atomic mass is 16.5. The molecule has 9 nitrogen and oxygen atoms in total. The van der Waals surface area contributed by atoms with Gasteiger partial charge >= 0.3 is 0 Å². The highest BCUT2D eigenvalue weighted by Gasteiger charge is 2.34. The molecule has 3 amide bonds. The highest BCUT2D eigenvalue weighted by molar-refractivity contribution is 6.01. The largest absolute Gasteiger partial charge is 0.377 e. The Morgan fingerprint density at radius 3 is 2.50 bits per heavy atom. The summed E-state index contributed by atoms with van der Waals surface area (Å²) in [6, 6.07) is 7.51. The van der Waals surface area contributed by atoms with Gasteiger partial charge in [0.25, 0.3) is 5.91 Å². The molecular formula is C25H34N4O5. The fourth-order valence-electron chi connectivity index (χ4n) is 4.19. The third kappa shape index (κ3) is 6.66. The van der Waals surface area contributed by atoms with E-state index in [1.165, 1.54) is 7.11 Å². The second-order valence-electron chi connectivity index (χ2n) is 10.0. The van der Waals surface area contributed by atoms with Gasteiger partial charge in [-0.2, -0.15) is 0 Å². The summed E-state index contributed by atoms with van der Waals surface area (Å²) in [5.74, 6) is -1.66. The van der Waals surface area contributed by atoms with E-state index in [1.54, 1.807) is 6.07 Å². The predicted octanol–water partition coefficient (Wildman–Crippen LogP) is 1.93. The molecule has 1 fully saturated rings. The van der Waals surface area contributed by atoms with Gasteiger partial charge in [-0.05, 0) is 36.8 Å². The summed E-state index contributed by atoms with van der Waals surface area (Å²) in [5.41, 5.74) is 0.903.